The number of alkyl halides is 1. The fourth-order valence-corrected chi connectivity index (χ4v) is 1.40. The first kappa shape index (κ1) is 15.4. The molecule has 6 heteroatoms. The summed E-state index contributed by atoms with van der Waals surface area (Å²) < 4.78 is 9.44. The molecular formula is C10H18BrNO4. The van der Waals surface area contributed by atoms with Crippen molar-refractivity contribution in [1.82, 2.24) is 4.90 Å². The maximum absolute atomic E-state index is 11.7. The van der Waals surface area contributed by atoms with Crippen LogP contribution in [0, 0.1) is 0 Å². The van der Waals surface area contributed by atoms with Crippen LogP contribution in [0.25, 0.3) is 0 Å². The minimum Gasteiger partial charge on any atom is -0.469 e. The Morgan fingerprint density at radius 1 is 1.31 bits per heavy atom. The Morgan fingerprint density at radius 3 is 2.38 bits per heavy atom. The number of rotatable bonds is 7. The number of halogens is 1. The van der Waals surface area contributed by atoms with E-state index in [0.717, 1.165) is 0 Å². The zero-order valence-electron chi connectivity index (χ0n) is 9.86. The Balaban J connectivity index is 4.20. The topological polar surface area (TPSA) is 55.8 Å². The van der Waals surface area contributed by atoms with Gasteiger partial charge in [-0.2, -0.15) is 0 Å². The van der Waals surface area contributed by atoms with E-state index >= 15 is 0 Å². The highest BCUT2D eigenvalue weighted by molar-refractivity contribution is 9.10. The van der Waals surface area contributed by atoms with Gasteiger partial charge in [-0.1, -0.05) is 15.9 Å². The molecule has 0 spiro atoms. The molecule has 0 aromatic carbocycles. The highest BCUT2D eigenvalue weighted by Gasteiger charge is 2.18. The first-order chi connectivity index (χ1) is 7.52. The molecule has 0 aromatic heterocycles. The van der Waals surface area contributed by atoms with Gasteiger partial charge in [0.25, 0.3) is 0 Å². The van der Waals surface area contributed by atoms with Crippen molar-refractivity contribution >= 4 is 27.8 Å². The van der Waals surface area contributed by atoms with E-state index in [2.05, 4.69) is 20.7 Å². The average Bonchev–Trinajstić information content (AvgIpc) is 2.27. The second-order valence-electron chi connectivity index (χ2n) is 3.26. The minimum absolute atomic E-state index is 0.0547. The number of hydrogen-bond acceptors (Lipinski definition) is 4. The number of hydrogen-bond donors (Lipinski definition) is 0. The van der Waals surface area contributed by atoms with Crippen LogP contribution < -0.4 is 0 Å². The molecule has 16 heavy (non-hydrogen) atoms. The fraction of sp³-hybridized carbons (Fsp3) is 0.800. The molecule has 94 valence electrons. The van der Waals surface area contributed by atoms with Gasteiger partial charge in [-0.05, 0) is 6.92 Å². The Kier molecular flexibility index (Phi) is 8.19. The number of ether oxygens (including phenoxy) is 2. The minimum atomic E-state index is -0.322. The van der Waals surface area contributed by atoms with Gasteiger partial charge in [-0.25, -0.2) is 0 Å². The van der Waals surface area contributed by atoms with E-state index in [1.54, 1.807) is 18.9 Å². The monoisotopic (exact) mass is 295 g/mol. The molecule has 0 aliphatic heterocycles. The lowest BCUT2D eigenvalue weighted by molar-refractivity contribution is -0.141. The van der Waals surface area contributed by atoms with Gasteiger partial charge in [0.05, 0.1) is 25.0 Å². The van der Waals surface area contributed by atoms with E-state index in [4.69, 9.17) is 4.74 Å². The van der Waals surface area contributed by atoms with Crippen LogP contribution in [0.1, 0.15) is 13.3 Å². The molecule has 0 fully saturated rings. The summed E-state index contributed by atoms with van der Waals surface area (Å²) >= 11 is 3.21. The summed E-state index contributed by atoms with van der Waals surface area (Å²) in [6, 6.07) is 0. The van der Waals surface area contributed by atoms with Crippen molar-refractivity contribution < 1.29 is 19.1 Å². The Bertz CT molecular complexity index is 233. The summed E-state index contributed by atoms with van der Waals surface area (Å²) in [5.41, 5.74) is 0. The van der Waals surface area contributed by atoms with Crippen LogP contribution in [0.3, 0.4) is 0 Å². The zero-order valence-corrected chi connectivity index (χ0v) is 11.4. The molecule has 1 amide bonds. The molecular weight excluding hydrogens is 278 g/mol. The third kappa shape index (κ3) is 6.07. The van der Waals surface area contributed by atoms with Gasteiger partial charge in [-0.15, -0.1) is 0 Å². The van der Waals surface area contributed by atoms with Gasteiger partial charge in [0.1, 0.15) is 0 Å². The summed E-state index contributed by atoms with van der Waals surface area (Å²) in [5.74, 6) is -0.376. The van der Waals surface area contributed by atoms with Crippen LogP contribution in [-0.2, 0) is 19.1 Å². The second-order valence-corrected chi connectivity index (χ2v) is 4.63. The Hall–Kier alpha value is -0.620. The fourth-order valence-electron chi connectivity index (χ4n) is 1.11. The van der Waals surface area contributed by atoms with E-state index < -0.39 is 0 Å². The van der Waals surface area contributed by atoms with Crippen molar-refractivity contribution in [3.8, 4) is 0 Å². The highest BCUT2D eigenvalue weighted by atomic mass is 79.9. The van der Waals surface area contributed by atoms with E-state index in [0.29, 0.717) is 19.7 Å². The molecule has 0 radical (unpaired) electrons. The molecule has 0 N–H and O–H groups in total. The largest absolute Gasteiger partial charge is 0.469 e. The Morgan fingerprint density at radius 2 is 1.94 bits per heavy atom. The standard InChI is InChI=1S/C10H18BrNO4/c1-8(11)10(14)12(6-7-15-2)5-4-9(13)16-3/h8H,4-7H2,1-3H3. The van der Waals surface area contributed by atoms with Crippen LogP contribution in [0.15, 0.2) is 0 Å². The maximum Gasteiger partial charge on any atom is 0.307 e. The van der Waals surface area contributed by atoms with E-state index in [9.17, 15) is 9.59 Å². The van der Waals surface area contributed by atoms with E-state index in [1.165, 1.54) is 7.11 Å². The molecule has 1 unspecified atom stereocenters. The molecule has 0 saturated carbocycles. The molecule has 1 atom stereocenters. The molecule has 0 rings (SSSR count). The van der Waals surface area contributed by atoms with E-state index in [-0.39, 0.29) is 23.1 Å². The quantitative estimate of drug-likeness (QED) is 0.515. The van der Waals surface area contributed by atoms with Crippen LogP contribution >= 0.6 is 15.9 Å². The lowest BCUT2D eigenvalue weighted by Gasteiger charge is -2.23. The lowest BCUT2D eigenvalue weighted by Crippen LogP contribution is -2.39. The number of nitrogens with zero attached hydrogens (tertiary/aromatic N) is 1. The summed E-state index contributed by atoms with van der Waals surface area (Å²) in [6.45, 7) is 3.03. The number of esters is 1. The average molecular weight is 296 g/mol. The smallest absolute Gasteiger partial charge is 0.307 e. The van der Waals surface area contributed by atoms with Crippen LogP contribution in [0.2, 0.25) is 0 Å². The molecule has 0 saturated heterocycles. The van der Waals surface area contributed by atoms with Crippen LogP contribution in [0.5, 0.6) is 0 Å². The Labute approximate surface area is 104 Å². The molecule has 0 bridgehead atoms. The maximum atomic E-state index is 11.7. The van der Waals surface area contributed by atoms with Gasteiger partial charge in [0.2, 0.25) is 5.91 Å². The highest BCUT2D eigenvalue weighted by Crippen LogP contribution is 2.05. The summed E-state index contributed by atoms with van der Waals surface area (Å²) in [5, 5.41) is 0. The molecule has 0 heterocycles. The van der Waals surface area contributed by atoms with Gasteiger partial charge in [0.15, 0.2) is 0 Å². The van der Waals surface area contributed by atoms with Crippen molar-refractivity contribution in [2.24, 2.45) is 0 Å². The van der Waals surface area contributed by atoms with Gasteiger partial charge < -0.3 is 14.4 Å². The zero-order chi connectivity index (χ0) is 12.6. The predicted octanol–water partition coefficient (Wildman–Crippen LogP) is 0.808. The third-order valence-electron chi connectivity index (χ3n) is 2.03. The van der Waals surface area contributed by atoms with Crippen LogP contribution in [-0.4, -0.2) is 55.5 Å². The number of amides is 1. The first-order valence-corrected chi connectivity index (χ1v) is 5.93. The number of methoxy groups -OCH3 is 2. The van der Waals surface area contributed by atoms with Gasteiger partial charge in [0, 0.05) is 20.2 Å². The number of carbonyl (C=O) groups excluding carboxylic acids is 2. The third-order valence-corrected chi connectivity index (χ3v) is 2.42. The molecule has 0 aromatic rings. The molecule has 0 aliphatic rings. The van der Waals surface area contributed by atoms with E-state index in [1.807, 2.05) is 0 Å². The van der Waals surface area contributed by atoms with Crippen molar-refractivity contribution in [2.75, 3.05) is 33.9 Å². The summed E-state index contributed by atoms with van der Waals surface area (Å²) in [4.78, 5) is 24.0. The van der Waals surface area contributed by atoms with Gasteiger partial charge in [-0.3, -0.25) is 9.59 Å². The van der Waals surface area contributed by atoms with Crippen LogP contribution in [0.4, 0.5) is 0 Å². The molecule has 5 nitrogen and oxygen atoms in total. The van der Waals surface area contributed by atoms with Crippen molar-refractivity contribution in [2.45, 2.75) is 18.2 Å². The summed E-state index contributed by atoms with van der Waals surface area (Å²) in [6.07, 6.45) is 0.200. The predicted molar refractivity (Wildman–Crippen MR) is 63.5 cm³/mol. The second kappa shape index (κ2) is 8.52. The lowest BCUT2D eigenvalue weighted by atomic mass is 10.3. The SMILES string of the molecule is COCCN(CCC(=O)OC)C(=O)C(C)Br. The molecule has 0 aliphatic carbocycles. The normalized spacial score (nSPS) is 12.0. The van der Waals surface area contributed by atoms with Gasteiger partial charge >= 0.3 is 5.97 Å². The van der Waals surface area contributed by atoms with Crippen molar-refractivity contribution in [1.29, 1.82) is 0 Å². The number of carbonyl (C=O) groups is 2. The van der Waals surface area contributed by atoms with Crippen molar-refractivity contribution in [3.63, 3.8) is 0 Å². The van der Waals surface area contributed by atoms with Crippen molar-refractivity contribution in [3.05, 3.63) is 0 Å². The summed E-state index contributed by atoms with van der Waals surface area (Å²) in [7, 11) is 2.90. The first-order valence-electron chi connectivity index (χ1n) is 5.01.